The average Bonchev–Trinajstić information content (AvgIpc) is 2.74. The Bertz CT molecular complexity index is 533. The molecule has 0 saturated carbocycles. The Labute approximate surface area is 93.7 Å². The fraction of sp³-hybridized carbons (Fsp3) is 0.100. The van der Waals surface area contributed by atoms with Crippen LogP contribution in [0.15, 0.2) is 30.6 Å². The van der Waals surface area contributed by atoms with Crippen LogP contribution in [0.1, 0.15) is 16.1 Å². The smallest absolute Gasteiger partial charge is 0.298 e. The molecule has 0 N–H and O–H groups in total. The molecule has 0 radical (unpaired) electrons. The van der Waals surface area contributed by atoms with Crippen LogP contribution < -0.4 is 0 Å². The number of carbonyl (C=O) groups is 1. The molecule has 17 heavy (non-hydrogen) atoms. The van der Waals surface area contributed by atoms with E-state index in [1.807, 2.05) is 0 Å². The van der Waals surface area contributed by atoms with Gasteiger partial charge in [0.25, 0.3) is 0 Å². The van der Waals surface area contributed by atoms with Gasteiger partial charge in [-0.05, 0) is 12.1 Å². The molecule has 0 bridgehead atoms. The van der Waals surface area contributed by atoms with Crippen LogP contribution in [-0.4, -0.2) is 21.1 Å². The maximum atomic E-state index is 12.5. The van der Waals surface area contributed by atoms with Crippen LogP contribution in [0.25, 0.3) is 5.82 Å². The number of nitrogens with zero attached hydrogens (tertiary/aromatic N) is 3. The van der Waals surface area contributed by atoms with E-state index >= 15 is 0 Å². The summed E-state index contributed by atoms with van der Waals surface area (Å²) in [6, 6.07) is 4.72. The molecule has 2 rings (SSSR count). The van der Waals surface area contributed by atoms with Crippen LogP contribution >= 0.6 is 0 Å². The van der Waals surface area contributed by atoms with E-state index in [1.165, 1.54) is 12.3 Å². The lowest BCUT2D eigenvalue weighted by Gasteiger charge is -2.02. The van der Waals surface area contributed by atoms with E-state index in [9.17, 15) is 18.0 Å². The second-order valence-electron chi connectivity index (χ2n) is 3.18. The molecule has 0 aromatic carbocycles. The number of rotatable bonds is 2. The van der Waals surface area contributed by atoms with Crippen LogP contribution in [-0.2, 0) is 6.18 Å². The summed E-state index contributed by atoms with van der Waals surface area (Å²) in [7, 11) is 0. The third kappa shape index (κ3) is 2.17. The van der Waals surface area contributed by atoms with E-state index in [4.69, 9.17) is 0 Å². The first-order valence-corrected chi connectivity index (χ1v) is 4.56. The van der Waals surface area contributed by atoms with E-state index < -0.39 is 17.4 Å². The van der Waals surface area contributed by atoms with Crippen LogP contribution in [0.4, 0.5) is 13.2 Å². The first-order valence-electron chi connectivity index (χ1n) is 4.56. The Balaban J connectivity index is 2.53. The molecule has 7 heteroatoms. The summed E-state index contributed by atoms with van der Waals surface area (Å²) in [6.45, 7) is 0. The highest BCUT2D eigenvalue weighted by Gasteiger charge is 2.37. The second-order valence-corrected chi connectivity index (χ2v) is 3.18. The molecule has 0 unspecified atom stereocenters. The number of aromatic nitrogens is 3. The van der Waals surface area contributed by atoms with Crippen molar-refractivity contribution in [3.8, 4) is 5.82 Å². The number of hydrogen-bond donors (Lipinski definition) is 0. The normalized spacial score (nSPS) is 11.5. The topological polar surface area (TPSA) is 47.8 Å². The van der Waals surface area contributed by atoms with Gasteiger partial charge >= 0.3 is 6.18 Å². The van der Waals surface area contributed by atoms with Crippen molar-refractivity contribution in [2.24, 2.45) is 0 Å². The lowest BCUT2D eigenvalue weighted by atomic mass is 10.3. The van der Waals surface area contributed by atoms with Gasteiger partial charge in [-0.15, -0.1) is 0 Å². The van der Waals surface area contributed by atoms with E-state index in [-0.39, 0.29) is 12.1 Å². The zero-order valence-electron chi connectivity index (χ0n) is 8.35. The number of alkyl halides is 3. The predicted molar refractivity (Wildman–Crippen MR) is 51.7 cm³/mol. The largest absolute Gasteiger partial charge is 0.435 e. The standard InChI is InChI=1S/C10H6F3N3O/c11-10(12,13)9-7(6-17)5-16(15-9)8-3-1-2-4-14-8/h1-6H. The lowest BCUT2D eigenvalue weighted by molar-refractivity contribution is -0.141. The molecule has 0 spiro atoms. The third-order valence-corrected chi connectivity index (χ3v) is 2.02. The summed E-state index contributed by atoms with van der Waals surface area (Å²) in [5.41, 5.74) is -1.72. The molecular weight excluding hydrogens is 235 g/mol. The van der Waals surface area contributed by atoms with Crippen LogP contribution in [0.5, 0.6) is 0 Å². The molecule has 0 atom stereocenters. The minimum Gasteiger partial charge on any atom is -0.298 e. The summed E-state index contributed by atoms with van der Waals surface area (Å²) in [5.74, 6) is 0.214. The zero-order valence-corrected chi connectivity index (χ0v) is 8.35. The van der Waals surface area contributed by atoms with Gasteiger partial charge in [-0.1, -0.05) is 6.07 Å². The number of halogens is 3. The van der Waals surface area contributed by atoms with Crippen molar-refractivity contribution in [1.82, 2.24) is 14.8 Å². The van der Waals surface area contributed by atoms with Gasteiger partial charge in [-0.3, -0.25) is 4.79 Å². The highest BCUT2D eigenvalue weighted by atomic mass is 19.4. The fourth-order valence-electron chi connectivity index (χ4n) is 1.30. The van der Waals surface area contributed by atoms with Crippen molar-refractivity contribution in [1.29, 1.82) is 0 Å². The highest BCUT2D eigenvalue weighted by molar-refractivity contribution is 5.76. The maximum absolute atomic E-state index is 12.5. The molecule has 0 aliphatic heterocycles. The molecule has 2 heterocycles. The van der Waals surface area contributed by atoms with Crippen LogP contribution in [0.3, 0.4) is 0 Å². The Kier molecular flexibility index (Phi) is 2.66. The van der Waals surface area contributed by atoms with Crippen molar-refractivity contribution >= 4 is 6.29 Å². The first-order chi connectivity index (χ1) is 8.02. The highest BCUT2D eigenvalue weighted by Crippen LogP contribution is 2.30. The van der Waals surface area contributed by atoms with E-state index in [0.717, 1.165) is 10.9 Å². The van der Waals surface area contributed by atoms with Crippen molar-refractivity contribution in [2.45, 2.75) is 6.18 Å². The first kappa shape index (κ1) is 11.3. The second kappa shape index (κ2) is 4.00. The van der Waals surface area contributed by atoms with Gasteiger partial charge in [-0.25, -0.2) is 9.67 Å². The van der Waals surface area contributed by atoms with Crippen molar-refractivity contribution in [2.75, 3.05) is 0 Å². The summed E-state index contributed by atoms with van der Waals surface area (Å²) in [4.78, 5) is 14.4. The molecule has 88 valence electrons. The number of carbonyl (C=O) groups excluding carboxylic acids is 1. The SMILES string of the molecule is O=Cc1cn(-c2ccccn2)nc1C(F)(F)F. The summed E-state index contributed by atoms with van der Waals surface area (Å²) in [5, 5.41) is 3.32. The Morgan fingerprint density at radius 3 is 2.53 bits per heavy atom. The monoisotopic (exact) mass is 241 g/mol. The molecule has 0 amide bonds. The number of aldehydes is 1. The Hall–Kier alpha value is -2.18. The summed E-state index contributed by atoms with van der Waals surface area (Å²) in [6.07, 6.45) is -2.12. The van der Waals surface area contributed by atoms with Gasteiger partial charge in [0.05, 0.1) is 5.56 Å². The number of hydrogen-bond acceptors (Lipinski definition) is 3. The quantitative estimate of drug-likeness (QED) is 0.756. The lowest BCUT2D eigenvalue weighted by Crippen LogP contribution is -2.09. The van der Waals surface area contributed by atoms with Gasteiger partial charge in [-0.2, -0.15) is 18.3 Å². The molecule has 0 fully saturated rings. The van der Waals surface area contributed by atoms with E-state index in [1.54, 1.807) is 12.1 Å². The van der Waals surface area contributed by atoms with Crippen molar-refractivity contribution in [3.63, 3.8) is 0 Å². The molecule has 0 aliphatic rings. The zero-order chi connectivity index (χ0) is 12.5. The van der Waals surface area contributed by atoms with Crippen LogP contribution in [0.2, 0.25) is 0 Å². The molecule has 0 saturated heterocycles. The molecule has 2 aromatic heterocycles. The Morgan fingerprint density at radius 1 is 1.29 bits per heavy atom. The van der Waals surface area contributed by atoms with E-state index in [0.29, 0.717) is 0 Å². The molecular formula is C10H6F3N3O. The minimum absolute atomic E-state index is 0.120. The summed E-state index contributed by atoms with van der Waals surface area (Å²) >= 11 is 0. The van der Waals surface area contributed by atoms with Gasteiger partial charge in [0, 0.05) is 12.4 Å². The fourth-order valence-corrected chi connectivity index (χ4v) is 1.30. The average molecular weight is 241 g/mol. The summed E-state index contributed by atoms with van der Waals surface area (Å²) < 4.78 is 38.5. The third-order valence-electron chi connectivity index (χ3n) is 2.02. The molecule has 2 aromatic rings. The van der Waals surface area contributed by atoms with Crippen LogP contribution in [0, 0.1) is 0 Å². The molecule has 0 aliphatic carbocycles. The maximum Gasteiger partial charge on any atom is 0.435 e. The predicted octanol–water partition coefficient (Wildman–Crippen LogP) is 2.10. The Morgan fingerprint density at radius 2 is 2.06 bits per heavy atom. The van der Waals surface area contributed by atoms with Gasteiger partial charge in [0.15, 0.2) is 17.8 Å². The minimum atomic E-state index is -4.66. The van der Waals surface area contributed by atoms with Crippen molar-refractivity contribution in [3.05, 3.63) is 41.9 Å². The van der Waals surface area contributed by atoms with Gasteiger partial charge in [0.2, 0.25) is 0 Å². The molecule has 4 nitrogen and oxygen atoms in total. The van der Waals surface area contributed by atoms with Crippen molar-refractivity contribution < 1.29 is 18.0 Å². The number of pyridine rings is 1. The van der Waals surface area contributed by atoms with E-state index in [2.05, 4.69) is 10.1 Å². The van der Waals surface area contributed by atoms with Gasteiger partial charge in [0.1, 0.15) is 0 Å². The van der Waals surface area contributed by atoms with Gasteiger partial charge < -0.3 is 0 Å².